The van der Waals surface area contributed by atoms with Crippen molar-refractivity contribution >= 4 is 17.9 Å². The molecule has 0 fully saturated rings. The van der Waals surface area contributed by atoms with E-state index in [9.17, 15) is 14.4 Å². The molecule has 0 aliphatic carbocycles. The summed E-state index contributed by atoms with van der Waals surface area (Å²) < 4.78 is 16.8. The largest absolute Gasteiger partial charge is 0.462 e. The lowest BCUT2D eigenvalue weighted by molar-refractivity contribution is -0.167. The van der Waals surface area contributed by atoms with Crippen LogP contribution in [0.1, 0.15) is 265 Å². The molecular weight excluding hydrogens is 829 g/mol. The van der Waals surface area contributed by atoms with Crippen LogP contribution < -0.4 is 0 Å². The van der Waals surface area contributed by atoms with Gasteiger partial charge in [0.05, 0.1) is 0 Å². The normalized spacial score (nSPS) is 12.7. The van der Waals surface area contributed by atoms with Crippen molar-refractivity contribution in [2.45, 2.75) is 271 Å². The van der Waals surface area contributed by atoms with Crippen LogP contribution in [0.5, 0.6) is 0 Å². The summed E-state index contributed by atoms with van der Waals surface area (Å²) in [5.41, 5.74) is 0. The highest BCUT2D eigenvalue weighted by Gasteiger charge is 2.19. The Morgan fingerprint density at radius 2 is 0.597 bits per heavy atom. The molecule has 1 atom stereocenters. The van der Waals surface area contributed by atoms with Crippen molar-refractivity contribution in [3.63, 3.8) is 0 Å². The number of esters is 3. The number of allylic oxidation sites excluding steroid dienone is 14. The Hall–Kier alpha value is -3.41. The third-order valence-corrected chi connectivity index (χ3v) is 11.9. The third-order valence-electron chi connectivity index (χ3n) is 11.9. The van der Waals surface area contributed by atoms with E-state index in [4.69, 9.17) is 14.2 Å². The van der Waals surface area contributed by atoms with E-state index in [1.165, 1.54) is 122 Å². The predicted molar refractivity (Wildman–Crippen MR) is 288 cm³/mol. The molecule has 67 heavy (non-hydrogen) atoms. The fraction of sp³-hybridized carbons (Fsp3) is 0.721. The van der Waals surface area contributed by atoms with E-state index in [1.54, 1.807) is 0 Å². The van der Waals surface area contributed by atoms with Crippen LogP contribution in [0.3, 0.4) is 0 Å². The van der Waals surface area contributed by atoms with Crippen LogP contribution >= 0.6 is 0 Å². The average Bonchev–Trinajstić information content (AvgIpc) is 3.33. The lowest BCUT2D eigenvalue weighted by atomic mass is 10.0. The van der Waals surface area contributed by atoms with Crippen molar-refractivity contribution in [2.75, 3.05) is 13.2 Å². The summed E-state index contributed by atoms with van der Waals surface area (Å²) in [4.78, 5) is 38.0. The van der Waals surface area contributed by atoms with Gasteiger partial charge in [-0.2, -0.15) is 0 Å². The summed E-state index contributed by atoms with van der Waals surface area (Å²) >= 11 is 0. The first kappa shape index (κ1) is 63.6. The van der Waals surface area contributed by atoms with Crippen LogP contribution in [0.4, 0.5) is 0 Å². The monoisotopic (exact) mass is 933 g/mol. The van der Waals surface area contributed by atoms with Crippen molar-refractivity contribution in [3.05, 3.63) is 85.1 Å². The highest BCUT2D eigenvalue weighted by atomic mass is 16.6. The second-order valence-electron chi connectivity index (χ2n) is 18.5. The van der Waals surface area contributed by atoms with Gasteiger partial charge >= 0.3 is 17.9 Å². The summed E-state index contributed by atoms with van der Waals surface area (Å²) in [5.74, 6) is -0.949. The van der Waals surface area contributed by atoms with Gasteiger partial charge in [0.2, 0.25) is 0 Å². The van der Waals surface area contributed by atoms with Gasteiger partial charge < -0.3 is 14.2 Å². The van der Waals surface area contributed by atoms with Crippen LogP contribution in [0.15, 0.2) is 85.1 Å². The van der Waals surface area contributed by atoms with E-state index in [1.807, 2.05) is 0 Å². The summed E-state index contributed by atoms with van der Waals surface area (Å²) in [5, 5.41) is 0. The molecule has 0 aliphatic rings. The lowest BCUT2D eigenvalue weighted by Gasteiger charge is -2.18. The summed E-state index contributed by atoms with van der Waals surface area (Å²) in [6, 6.07) is 0. The summed E-state index contributed by atoms with van der Waals surface area (Å²) in [6.07, 6.45) is 71.5. The van der Waals surface area contributed by atoms with E-state index >= 15 is 0 Å². The Bertz CT molecular complexity index is 1300. The topological polar surface area (TPSA) is 78.9 Å². The lowest BCUT2D eigenvalue weighted by Crippen LogP contribution is -2.30. The third kappa shape index (κ3) is 53.4. The molecule has 0 spiro atoms. The molecule has 0 aromatic heterocycles. The Balaban J connectivity index is 4.34. The van der Waals surface area contributed by atoms with E-state index in [-0.39, 0.29) is 37.5 Å². The molecule has 384 valence electrons. The minimum Gasteiger partial charge on any atom is -0.462 e. The molecule has 0 amide bonds. The number of hydrogen-bond acceptors (Lipinski definition) is 6. The zero-order chi connectivity index (χ0) is 48.6. The SMILES string of the molecule is CC/C=C\C/C=C\C/C=C\C/C=C\CCCCC(=O)OC(COC(=O)CCCCCCC/C=C\CCCC)COC(=O)CCCCCCCCCCCCC/C=C\C/C=C\CCCCCCC. The maximum atomic E-state index is 12.8. The van der Waals surface area contributed by atoms with Crippen LogP contribution in [0, 0.1) is 0 Å². The molecule has 0 saturated heterocycles. The smallest absolute Gasteiger partial charge is 0.306 e. The maximum Gasteiger partial charge on any atom is 0.306 e. The first-order valence-electron chi connectivity index (χ1n) is 28.1. The Morgan fingerprint density at radius 1 is 0.313 bits per heavy atom. The second-order valence-corrected chi connectivity index (χ2v) is 18.5. The molecule has 0 heterocycles. The van der Waals surface area contributed by atoms with Gasteiger partial charge in [-0.15, -0.1) is 0 Å². The van der Waals surface area contributed by atoms with Gasteiger partial charge in [0.15, 0.2) is 6.10 Å². The van der Waals surface area contributed by atoms with Crippen molar-refractivity contribution in [1.29, 1.82) is 0 Å². The van der Waals surface area contributed by atoms with Gasteiger partial charge in [-0.1, -0.05) is 221 Å². The maximum absolute atomic E-state index is 12.8. The molecular formula is C61H104O6. The molecule has 0 N–H and O–H groups in total. The van der Waals surface area contributed by atoms with Crippen LogP contribution in [0.25, 0.3) is 0 Å². The quantitative estimate of drug-likeness (QED) is 0.0262. The number of unbranched alkanes of at least 4 members (excludes halogenated alkanes) is 25. The molecule has 0 radical (unpaired) electrons. The van der Waals surface area contributed by atoms with Gasteiger partial charge in [0.25, 0.3) is 0 Å². The number of carbonyl (C=O) groups excluding carboxylic acids is 3. The number of rotatable bonds is 50. The molecule has 1 unspecified atom stereocenters. The van der Waals surface area contributed by atoms with Gasteiger partial charge in [0.1, 0.15) is 13.2 Å². The number of hydrogen-bond donors (Lipinski definition) is 0. The number of carbonyl (C=O) groups is 3. The molecule has 0 saturated carbocycles. The van der Waals surface area contributed by atoms with Crippen LogP contribution in [0.2, 0.25) is 0 Å². The van der Waals surface area contributed by atoms with E-state index in [0.717, 1.165) is 96.3 Å². The van der Waals surface area contributed by atoms with Gasteiger partial charge in [-0.05, 0) is 109 Å². The van der Waals surface area contributed by atoms with Crippen LogP contribution in [-0.4, -0.2) is 37.2 Å². The molecule has 0 aromatic rings. The Kier molecular flexibility index (Phi) is 52.4. The van der Waals surface area contributed by atoms with Crippen molar-refractivity contribution < 1.29 is 28.6 Å². The minimum absolute atomic E-state index is 0.0969. The molecule has 0 aliphatic heterocycles. The first-order valence-corrected chi connectivity index (χ1v) is 28.1. The standard InChI is InChI=1S/C61H104O6/c1-4-7-10-13-16-19-22-24-26-27-28-29-30-31-32-33-35-36-39-42-45-48-51-54-60(63)66-57-58(56-65-59(62)53-50-47-44-41-38-21-18-15-12-9-6-3)67-61(64)55-52-49-46-43-40-37-34-25-23-20-17-14-11-8-5-2/h8,11,15,17-18,20,22,24-25,27-28,34,40,43,58H,4-7,9-10,12-14,16,19,21,23,26,29-33,35-39,41-42,44-57H2,1-3H3/b11-8-,18-15-,20-17-,24-22-,28-27-,34-25-,43-40-. The zero-order valence-corrected chi connectivity index (χ0v) is 43.9. The zero-order valence-electron chi connectivity index (χ0n) is 43.9. The van der Waals surface area contributed by atoms with E-state index < -0.39 is 6.10 Å². The van der Waals surface area contributed by atoms with Gasteiger partial charge in [0, 0.05) is 19.3 Å². The first-order chi connectivity index (χ1) is 33.0. The van der Waals surface area contributed by atoms with Crippen molar-refractivity contribution in [3.8, 4) is 0 Å². The molecule has 0 bridgehead atoms. The minimum atomic E-state index is -0.802. The van der Waals surface area contributed by atoms with Crippen LogP contribution in [-0.2, 0) is 28.6 Å². The van der Waals surface area contributed by atoms with Crippen molar-refractivity contribution in [1.82, 2.24) is 0 Å². The Labute approximate surface area is 414 Å². The fourth-order valence-electron chi connectivity index (χ4n) is 7.62. The highest BCUT2D eigenvalue weighted by molar-refractivity contribution is 5.71. The summed E-state index contributed by atoms with van der Waals surface area (Å²) in [7, 11) is 0. The molecule has 0 rings (SSSR count). The fourth-order valence-corrected chi connectivity index (χ4v) is 7.62. The van der Waals surface area contributed by atoms with E-state index in [2.05, 4.69) is 106 Å². The highest BCUT2D eigenvalue weighted by Crippen LogP contribution is 2.15. The second kappa shape index (κ2) is 55.2. The summed E-state index contributed by atoms with van der Waals surface area (Å²) in [6.45, 7) is 6.44. The number of ether oxygens (including phenoxy) is 3. The average molecular weight is 933 g/mol. The van der Waals surface area contributed by atoms with Crippen molar-refractivity contribution in [2.24, 2.45) is 0 Å². The Morgan fingerprint density at radius 3 is 1.00 bits per heavy atom. The molecule has 6 heteroatoms. The van der Waals surface area contributed by atoms with Gasteiger partial charge in [-0.3, -0.25) is 14.4 Å². The van der Waals surface area contributed by atoms with Gasteiger partial charge in [-0.25, -0.2) is 0 Å². The predicted octanol–water partition coefficient (Wildman–Crippen LogP) is 18.8. The molecule has 0 aromatic carbocycles. The molecule has 6 nitrogen and oxygen atoms in total. The van der Waals surface area contributed by atoms with E-state index in [0.29, 0.717) is 19.3 Å².